The second kappa shape index (κ2) is 6.81. The molecule has 0 saturated carbocycles. The first-order chi connectivity index (χ1) is 13.0. The number of H-pyrrole nitrogens is 1. The number of aromatic amines is 1. The van der Waals surface area contributed by atoms with Crippen molar-refractivity contribution < 1.29 is 17.6 Å². The fourth-order valence-electron chi connectivity index (χ4n) is 3.59. The average molecular weight is 386 g/mol. The van der Waals surface area contributed by atoms with E-state index in [0.29, 0.717) is 5.69 Å². The van der Waals surface area contributed by atoms with Crippen LogP contribution in [0.3, 0.4) is 0 Å². The van der Waals surface area contributed by atoms with Gasteiger partial charge in [-0.15, -0.1) is 0 Å². The Kier molecular flexibility index (Phi) is 4.47. The lowest BCUT2D eigenvalue weighted by atomic mass is 10.1. The zero-order valence-corrected chi connectivity index (χ0v) is 15.4. The van der Waals surface area contributed by atoms with Crippen molar-refractivity contribution >= 4 is 26.6 Å². The number of carbonyl (C=O) groups excluding carboxylic acids is 1. The molecule has 2 heterocycles. The van der Waals surface area contributed by atoms with Gasteiger partial charge in [-0.2, -0.15) is 0 Å². The number of halogens is 1. The lowest BCUT2D eigenvalue weighted by Gasteiger charge is -2.19. The zero-order chi connectivity index (χ0) is 19.0. The molecule has 0 aliphatic carbocycles. The Bertz CT molecular complexity index is 1070. The molecule has 1 N–H and O–H groups in total. The third-order valence-electron chi connectivity index (χ3n) is 5.04. The fraction of sp³-hybridized carbons (Fsp3) is 0.250. The summed E-state index contributed by atoms with van der Waals surface area (Å²) in [4.78, 5) is 17.5. The predicted octanol–water partition coefficient (Wildman–Crippen LogP) is 3.31. The first kappa shape index (κ1) is 17.7. The molecule has 1 atom stereocenters. The van der Waals surface area contributed by atoms with Gasteiger partial charge < -0.3 is 9.88 Å². The highest BCUT2D eigenvalue weighted by atomic mass is 32.2. The van der Waals surface area contributed by atoms with Gasteiger partial charge in [0, 0.05) is 29.6 Å². The van der Waals surface area contributed by atoms with Crippen LogP contribution in [0.4, 0.5) is 4.39 Å². The number of nitrogens with one attached hydrogen (secondary N) is 1. The van der Waals surface area contributed by atoms with Crippen LogP contribution < -0.4 is 0 Å². The summed E-state index contributed by atoms with van der Waals surface area (Å²) < 4.78 is 39.5. The molecular weight excluding hydrogens is 367 g/mol. The molecule has 5 nitrogen and oxygen atoms in total. The standard InChI is InChI=1S/C20H19FN2O3S/c21-16-7-3-2-6-15(16)19-9-10-23(11-12-27(19,25)26)20(24)18-13-14-5-1-4-8-17(14)22-18/h1-8,13,19,22H,9-12H2. The number of nitrogens with zero attached hydrogens (tertiary/aromatic N) is 1. The van der Waals surface area contributed by atoms with Crippen LogP contribution in [0.1, 0.15) is 27.7 Å². The lowest BCUT2D eigenvalue weighted by molar-refractivity contribution is 0.0761. The van der Waals surface area contributed by atoms with E-state index in [0.717, 1.165) is 10.9 Å². The highest BCUT2D eigenvalue weighted by Crippen LogP contribution is 2.31. The molecule has 140 valence electrons. The molecule has 0 radical (unpaired) electrons. The van der Waals surface area contributed by atoms with Gasteiger partial charge in [-0.3, -0.25) is 4.79 Å². The molecular formula is C20H19FN2O3S. The summed E-state index contributed by atoms with van der Waals surface area (Å²) in [6.07, 6.45) is 0.176. The van der Waals surface area contributed by atoms with Crippen LogP contribution in [-0.2, 0) is 9.84 Å². The first-order valence-corrected chi connectivity index (χ1v) is 10.5. The van der Waals surface area contributed by atoms with E-state index >= 15 is 0 Å². The van der Waals surface area contributed by atoms with Crippen LogP contribution in [0.25, 0.3) is 10.9 Å². The van der Waals surface area contributed by atoms with Crippen molar-refractivity contribution in [2.75, 3.05) is 18.8 Å². The topological polar surface area (TPSA) is 70.2 Å². The molecule has 1 aromatic heterocycles. The van der Waals surface area contributed by atoms with Crippen molar-refractivity contribution in [1.29, 1.82) is 0 Å². The smallest absolute Gasteiger partial charge is 0.270 e. The summed E-state index contributed by atoms with van der Waals surface area (Å²) >= 11 is 0. The molecule has 1 aliphatic rings. The lowest BCUT2D eigenvalue weighted by Crippen LogP contribution is -2.33. The van der Waals surface area contributed by atoms with E-state index in [1.807, 2.05) is 24.3 Å². The van der Waals surface area contributed by atoms with Crippen molar-refractivity contribution in [2.24, 2.45) is 0 Å². The molecule has 1 fully saturated rings. The first-order valence-electron chi connectivity index (χ1n) is 8.79. The van der Waals surface area contributed by atoms with Gasteiger partial charge in [0.2, 0.25) is 0 Å². The molecule has 1 amide bonds. The Hall–Kier alpha value is -2.67. The number of rotatable bonds is 2. The molecule has 0 spiro atoms. The van der Waals surface area contributed by atoms with Gasteiger partial charge in [0.15, 0.2) is 9.84 Å². The molecule has 1 aliphatic heterocycles. The van der Waals surface area contributed by atoms with Crippen molar-refractivity contribution in [3.05, 3.63) is 71.7 Å². The van der Waals surface area contributed by atoms with Crippen LogP contribution in [0.15, 0.2) is 54.6 Å². The summed E-state index contributed by atoms with van der Waals surface area (Å²) in [5.41, 5.74) is 1.46. The Morgan fingerprint density at radius 3 is 2.59 bits per heavy atom. The number of para-hydroxylation sites is 1. The summed E-state index contributed by atoms with van der Waals surface area (Å²) in [7, 11) is -3.55. The average Bonchev–Trinajstić information content (AvgIpc) is 3.02. The molecule has 1 saturated heterocycles. The number of fused-ring (bicyclic) bond motifs is 1. The van der Waals surface area contributed by atoms with E-state index < -0.39 is 20.9 Å². The normalized spacial score (nSPS) is 19.7. The molecule has 7 heteroatoms. The van der Waals surface area contributed by atoms with Gasteiger partial charge >= 0.3 is 0 Å². The molecule has 3 aromatic rings. The maximum absolute atomic E-state index is 14.1. The fourth-order valence-corrected chi connectivity index (χ4v) is 5.39. The SMILES string of the molecule is O=C(c1cc2ccccc2[nH]1)N1CCC(c2ccccc2F)S(=O)(=O)CC1. The second-order valence-electron chi connectivity index (χ2n) is 6.73. The summed E-state index contributed by atoms with van der Waals surface area (Å²) in [5.74, 6) is -0.949. The van der Waals surface area contributed by atoms with Gasteiger partial charge in [-0.1, -0.05) is 36.4 Å². The maximum atomic E-state index is 14.1. The van der Waals surface area contributed by atoms with Crippen LogP contribution in [0.5, 0.6) is 0 Å². The van der Waals surface area contributed by atoms with Gasteiger partial charge in [-0.05, 0) is 24.6 Å². The summed E-state index contributed by atoms with van der Waals surface area (Å²) in [6.45, 7) is 0.355. The molecule has 27 heavy (non-hydrogen) atoms. The Balaban J connectivity index is 1.60. The third kappa shape index (κ3) is 3.35. The van der Waals surface area contributed by atoms with Crippen LogP contribution >= 0.6 is 0 Å². The van der Waals surface area contributed by atoms with E-state index in [9.17, 15) is 17.6 Å². The van der Waals surface area contributed by atoms with E-state index in [1.165, 1.54) is 23.1 Å². The molecule has 1 unspecified atom stereocenters. The summed E-state index contributed by atoms with van der Waals surface area (Å²) in [6, 6.07) is 15.3. The second-order valence-corrected chi connectivity index (χ2v) is 9.03. The minimum absolute atomic E-state index is 0.0987. The van der Waals surface area contributed by atoms with Crippen LogP contribution in [0, 0.1) is 5.82 Å². The Morgan fingerprint density at radius 1 is 1.07 bits per heavy atom. The van der Waals surface area contributed by atoms with Crippen LogP contribution in [-0.4, -0.2) is 43.1 Å². The molecule has 2 aromatic carbocycles. The largest absolute Gasteiger partial charge is 0.351 e. The number of benzene rings is 2. The number of hydrogen-bond donors (Lipinski definition) is 1. The number of sulfone groups is 1. The van der Waals surface area contributed by atoms with E-state index in [2.05, 4.69) is 4.98 Å². The van der Waals surface area contributed by atoms with Crippen molar-refractivity contribution in [3.8, 4) is 0 Å². The Labute approximate surface area is 156 Å². The Morgan fingerprint density at radius 2 is 1.81 bits per heavy atom. The van der Waals surface area contributed by atoms with Gasteiger partial charge in [0.25, 0.3) is 5.91 Å². The van der Waals surface area contributed by atoms with Crippen molar-refractivity contribution in [1.82, 2.24) is 9.88 Å². The van der Waals surface area contributed by atoms with Gasteiger partial charge in [-0.25, -0.2) is 12.8 Å². The minimum atomic E-state index is -3.55. The molecule has 0 bridgehead atoms. The monoisotopic (exact) mass is 386 g/mol. The van der Waals surface area contributed by atoms with Gasteiger partial charge in [0.1, 0.15) is 11.5 Å². The highest BCUT2D eigenvalue weighted by molar-refractivity contribution is 7.91. The van der Waals surface area contributed by atoms with Crippen molar-refractivity contribution in [3.63, 3.8) is 0 Å². The van der Waals surface area contributed by atoms with Gasteiger partial charge in [0.05, 0.1) is 11.0 Å². The quantitative estimate of drug-likeness (QED) is 0.735. The van der Waals surface area contributed by atoms with Crippen LogP contribution in [0.2, 0.25) is 0 Å². The number of hydrogen-bond acceptors (Lipinski definition) is 3. The number of amides is 1. The third-order valence-corrected chi connectivity index (χ3v) is 7.15. The number of carbonyl (C=O) groups is 1. The van der Waals surface area contributed by atoms with Crippen molar-refractivity contribution in [2.45, 2.75) is 11.7 Å². The number of aromatic nitrogens is 1. The molecule has 4 rings (SSSR count). The van der Waals surface area contributed by atoms with E-state index in [4.69, 9.17) is 0 Å². The maximum Gasteiger partial charge on any atom is 0.270 e. The predicted molar refractivity (Wildman–Crippen MR) is 102 cm³/mol. The highest BCUT2D eigenvalue weighted by Gasteiger charge is 2.34. The summed E-state index contributed by atoms with van der Waals surface area (Å²) in [5, 5.41) is -0.00765. The van der Waals surface area contributed by atoms with E-state index in [1.54, 1.807) is 12.1 Å². The van der Waals surface area contributed by atoms with E-state index in [-0.39, 0.29) is 36.7 Å². The zero-order valence-electron chi connectivity index (χ0n) is 14.6. The minimum Gasteiger partial charge on any atom is -0.351 e.